The van der Waals surface area contributed by atoms with Crippen LogP contribution in [0, 0.1) is 5.82 Å². The first-order valence-electron chi connectivity index (χ1n) is 6.28. The number of pyridine rings is 1. The molecule has 1 aliphatic rings. The van der Waals surface area contributed by atoms with Crippen LogP contribution >= 0.6 is 0 Å². The summed E-state index contributed by atoms with van der Waals surface area (Å²) in [6.07, 6.45) is 3.69. The van der Waals surface area contributed by atoms with Gasteiger partial charge in [0.1, 0.15) is 0 Å². The Hall–Kier alpha value is -1.53. The number of amides is 1. The Morgan fingerprint density at radius 2 is 2.26 bits per heavy atom. The number of halogens is 1. The van der Waals surface area contributed by atoms with Gasteiger partial charge < -0.3 is 15.1 Å². The lowest BCUT2D eigenvalue weighted by molar-refractivity contribution is -0.0250. The summed E-state index contributed by atoms with van der Waals surface area (Å²) in [6.45, 7) is 0.430. The van der Waals surface area contributed by atoms with Gasteiger partial charge in [0.05, 0.1) is 24.0 Å². The maximum absolute atomic E-state index is 13.5. The van der Waals surface area contributed by atoms with E-state index in [9.17, 15) is 14.3 Å². The maximum atomic E-state index is 13.5. The number of aliphatic hydroxyl groups excluding tert-OH is 1. The van der Waals surface area contributed by atoms with Crippen molar-refractivity contribution < 1.29 is 19.4 Å². The van der Waals surface area contributed by atoms with E-state index >= 15 is 0 Å². The number of aromatic nitrogens is 1. The molecular weight excluding hydrogens is 251 g/mol. The highest BCUT2D eigenvalue weighted by molar-refractivity contribution is 5.94. The van der Waals surface area contributed by atoms with Crippen LogP contribution < -0.4 is 0 Å². The monoisotopic (exact) mass is 268 g/mol. The highest BCUT2D eigenvalue weighted by Gasteiger charge is 2.31. The summed E-state index contributed by atoms with van der Waals surface area (Å²) in [5, 5.41) is 19.2. The van der Waals surface area contributed by atoms with Gasteiger partial charge in [-0.15, -0.1) is 0 Å². The number of likely N-dealkylation sites (tertiary alicyclic amines) is 1. The Kier molecular flexibility index (Phi) is 4.11. The van der Waals surface area contributed by atoms with Gasteiger partial charge in [-0.1, -0.05) is 0 Å². The number of nitrogens with zero attached hydrogens (tertiary/aromatic N) is 2. The van der Waals surface area contributed by atoms with Gasteiger partial charge in [0.25, 0.3) is 5.91 Å². The third kappa shape index (κ3) is 3.08. The van der Waals surface area contributed by atoms with Crippen LogP contribution in [0.5, 0.6) is 0 Å². The summed E-state index contributed by atoms with van der Waals surface area (Å²) in [4.78, 5) is 17.3. The van der Waals surface area contributed by atoms with Crippen LogP contribution in [0.25, 0.3) is 0 Å². The Labute approximate surface area is 110 Å². The van der Waals surface area contributed by atoms with Gasteiger partial charge >= 0.3 is 0 Å². The molecular formula is C13H17FN2O3. The van der Waals surface area contributed by atoms with Crippen molar-refractivity contribution in [1.82, 2.24) is 9.88 Å². The molecule has 0 saturated carbocycles. The second kappa shape index (κ2) is 5.63. The van der Waals surface area contributed by atoms with E-state index < -0.39 is 17.3 Å². The summed E-state index contributed by atoms with van der Waals surface area (Å²) in [5.41, 5.74) is -1.14. The first-order valence-corrected chi connectivity index (χ1v) is 6.28. The smallest absolute Gasteiger partial charge is 0.256 e. The van der Waals surface area contributed by atoms with Crippen molar-refractivity contribution >= 4 is 5.91 Å². The van der Waals surface area contributed by atoms with Crippen molar-refractivity contribution in [3.63, 3.8) is 0 Å². The average molecular weight is 268 g/mol. The molecule has 5 nitrogen and oxygen atoms in total. The fraction of sp³-hybridized carbons (Fsp3) is 0.538. The molecule has 2 heterocycles. The molecule has 0 spiro atoms. The fourth-order valence-electron chi connectivity index (χ4n) is 2.26. The number of carbonyl (C=O) groups is 1. The molecule has 104 valence electrons. The number of carbonyl (C=O) groups excluding carboxylic acids is 1. The minimum atomic E-state index is -1.13. The number of hydrogen-bond donors (Lipinski definition) is 2. The van der Waals surface area contributed by atoms with Gasteiger partial charge in [0.2, 0.25) is 0 Å². The third-order valence-corrected chi connectivity index (χ3v) is 3.50. The highest BCUT2D eigenvalue weighted by atomic mass is 19.1. The van der Waals surface area contributed by atoms with Crippen LogP contribution in [-0.2, 0) is 0 Å². The standard InChI is InChI=1S/C13H17FN2O3/c14-11-8-15-5-2-10(11)12(18)16-6-1-3-13(19,9-17)4-7-16/h2,5,8,17,19H,1,3-4,6-7,9H2/t13-/m1/s1. The average Bonchev–Trinajstić information content (AvgIpc) is 2.61. The molecule has 1 atom stereocenters. The largest absolute Gasteiger partial charge is 0.393 e. The van der Waals surface area contributed by atoms with E-state index in [1.807, 2.05) is 0 Å². The normalized spacial score (nSPS) is 24.1. The minimum absolute atomic E-state index is 0.00978. The summed E-state index contributed by atoms with van der Waals surface area (Å²) < 4.78 is 13.5. The molecule has 2 N–H and O–H groups in total. The zero-order valence-corrected chi connectivity index (χ0v) is 10.5. The molecule has 2 rings (SSSR count). The number of hydrogen-bond acceptors (Lipinski definition) is 4. The van der Waals surface area contributed by atoms with Crippen LogP contribution in [0.15, 0.2) is 18.5 Å². The molecule has 1 aromatic rings. The van der Waals surface area contributed by atoms with Crippen LogP contribution in [-0.4, -0.2) is 51.3 Å². The van der Waals surface area contributed by atoms with Crippen molar-refractivity contribution in [3.05, 3.63) is 29.8 Å². The zero-order chi connectivity index (χ0) is 13.9. The van der Waals surface area contributed by atoms with Crippen molar-refractivity contribution in [3.8, 4) is 0 Å². The van der Waals surface area contributed by atoms with Crippen molar-refractivity contribution in [2.75, 3.05) is 19.7 Å². The SMILES string of the molecule is O=C(c1ccncc1F)N1CCC[C@](O)(CO)CC1. The number of rotatable bonds is 2. The van der Waals surface area contributed by atoms with Gasteiger partial charge in [-0.3, -0.25) is 9.78 Å². The molecule has 1 saturated heterocycles. The molecule has 1 aromatic heterocycles. The molecule has 0 aromatic carbocycles. The summed E-state index contributed by atoms with van der Waals surface area (Å²) >= 11 is 0. The van der Waals surface area contributed by atoms with Crippen molar-refractivity contribution in [2.24, 2.45) is 0 Å². The molecule has 1 aliphatic heterocycles. The molecule has 0 radical (unpaired) electrons. The Morgan fingerprint density at radius 3 is 2.95 bits per heavy atom. The van der Waals surface area contributed by atoms with Crippen LogP contribution in [0.1, 0.15) is 29.6 Å². The van der Waals surface area contributed by atoms with E-state index in [2.05, 4.69) is 4.98 Å². The predicted octanol–water partition coefficient (Wildman–Crippen LogP) is 0.570. The second-order valence-electron chi connectivity index (χ2n) is 4.88. The minimum Gasteiger partial charge on any atom is -0.393 e. The van der Waals surface area contributed by atoms with E-state index in [1.54, 1.807) is 0 Å². The van der Waals surface area contributed by atoms with Crippen molar-refractivity contribution in [1.29, 1.82) is 0 Å². The van der Waals surface area contributed by atoms with Gasteiger partial charge in [0.15, 0.2) is 5.82 Å². The highest BCUT2D eigenvalue weighted by Crippen LogP contribution is 2.23. The quantitative estimate of drug-likeness (QED) is 0.822. The maximum Gasteiger partial charge on any atom is 0.256 e. The van der Waals surface area contributed by atoms with Crippen LogP contribution in [0.3, 0.4) is 0 Å². The summed E-state index contributed by atoms with van der Waals surface area (Å²) in [6, 6.07) is 1.35. The Bertz CT molecular complexity index is 469. The topological polar surface area (TPSA) is 73.7 Å². The van der Waals surface area contributed by atoms with Crippen molar-refractivity contribution in [2.45, 2.75) is 24.9 Å². The predicted molar refractivity (Wildman–Crippen MR) is 66.0 cm³/mol. The molecule has 0 unspecified atom stereocenters. The molecule has 6 heteroatoms. The Morgan fingerprint density at radius 1 is 1.47 bits per heavy atom. The lowest BCUT2D eigenvalue weighted by Crippen LogP contribution is -2.36. The van der Waals surface area contributed by atoms with E-state index in [0.717, 1.165) is 6.20 Å². The lowest BCUT2D eigenvalue weighted by Gasteiger charge is -2.24. The van der Waals surface area contributed by atoms with E-state index in [4.69, 9.17) is 5.11 Å². The second-order valence-corrected chi connectivity index (χ2v) is 4.88. The van der Waals surface area contributed by atoms with Gasteiger partial charge in [0, 0.05) is 19.3 Å². The van der Waals surface area contributed by atoms with Crippen LogP contribution in [0.4, 0.5) is 4.39 Å². The number of aliphatic hydroxyl groups is 2. The third-order valence-electron chi connectivity index (χ3n) is 3.50. The van der Waals surface area contributed by atoms with Crippen LogP contribution in [0.2, 0.25) is 0 Å². The molecule has 0 bridgehead atoms. The van der Waals surface area contributed by atoms with E-state index in [0.29, 0.717) is 32.4 Å². The lowest BCUT2D eigenvalue weighted by atomic mass is 9.96. The molecule has 1 fully saturated rings. The van der Waals surface area contributed by atoms with Gasteiger partial charge in [-0.05, 0) is 25.3 Å². The fourth-order valence-corrected chi connectivity index (χ4v) is 2.26. The Balaban J connectivity index is 2.11. The molecule has 19 heavy (non-hydrogen) atoms. The summed E-state index contributed by atoms with van der Waals surface area (Å²) in [5.74, 6) is -1.05. The van der Waals surface area contributed by atoms with Gasteiger partial charge in [-0.25, -0.2) is 4.39 Å². The molecule has 1 amide bonds. The van der Waals surface area contributed by atoms with E-state index in [-0.39, 0.29) is 12.2 Å². The first kappa shape index (κ1) is 13.9. The zero-order valence-electron chi connectivity index (χ0n) is 10.5. The van der Waals surface area contributed by atoms with Gasteiger partial charge in [-0.2, -0.15) is 0 Å². The van der Waals surface area contributed by atoms with E-state index in [1.165, 1.54) is 17.2 Å². The molecule has 0 aliphatic carbocycles. The summed E-state index contributed by atoms with van der Waals surface area (Å²) in [7, 11) is 0. The first-order chi connectivity index (χ1) is 9.06.